The molecule has 2 N–H and O–H groups in total. The van der Waals surface area contributed by atoms with E-state index in [2.05, 4.69) is 26.6 Å². The average Bonchev–Trinajstić information content (AvgIpc) is 3.09. The molecule has 1 amide bonds. The standard InChI is InChI=1S/C12H15BrN2O/c13-10-3-5-11(6-4-10)14-8-12(16)15-7-9-1-2-9/h3-6,9,14H,1-2,7-8H2,(H,15,16). The third-order valence-electron chi connectivity index (χ3n) is 2.58. The van der Waals surface area contributed by atoms with Crippen molar-refractivity contribution in [2.75, 3.05) is 18.4 Å². The van der Waals surface area contributed by atoms with Crippen molar-refractivity contribution in [1.29, 1.82) is 0 Å². The maximum atomic E-state index is 11.4. The first kappa shape index (κ1) is 11.5. The Balaban J connectivity index is 1.69. The van der Waals surface area contributed by atoms with E-state index in [0.717, 1.165) is 22.6 Å². The predicted octanol–water partition coefficient (Wildman–Crippen LogP) is 2.39. The summed E-state index contributed by atoms with van der Waals surface area (Å²) in [6, 6.07) is 7.78. The Morgan fingerprint density at radius 3 is 2.62 bits per heavy atom. The summed E-state index contributed by atoms with van der Waals surface area (Å²) in [7, 11) is 0. The van der Waals surface area contributed by atoms with E-state index < -0.39 is 0 Å². The summed E-state index contributed by atoms with van der Waals surface area (Å²) in [5.41, 5.74) is 0.963. The molecule has 0 aliphatic heterocycles. The number of hydrogen-bond donors (Lipinski definition) is 2. The molecule has 86 valence electrons. The Kier molecular flexibility index (Phi) is 3.83. The fraction of sp³-hybridized carbons (Fsp3) is 0.417. The highest BCUT2D eigenvalue weighted by molar-refractivity contribution is 9.10. The highest BCUT2D eigenvalue weighted by Crippen LogP contribution is 2.27. The van der Waals surface area contributed by atoms with Crippen LogP contribution in [-0.2, 0) is 4.79 Å². The van der Waals surface area contributed by atoms with Gasteiger partial charge < -0.3 is 10.6 Å². The number of amides is 1. The molecule has 0 radical (unpaired) electrons. The van der Waals surface area contributed by atoms with E-state index in [0.29, 0.717) is 6.54 Å². The van der Waals surface area contributed by atoms with Crippen LogP contribution < -0.4 is 10.6 Å². The average molecular weight is 283 g/mol. The second-order valence-corrected chi connectivity index (χ2v) is 5.02. The van der Waals surface area contributed by atoms with Crippen molar-refractivity contribution in [2.45, 2.75) is 12.8 Å². The zero-order valence-electron chi connectivity index (χ0n) is 9.00. The van der Waals surface area contributed by atoms with Crippen LogP contribution in [0.2, 0.25) is 0 Å². The minimum absolute atomic E-state index is 0.0646. The van der Waals surface area contributed by atoms with E-state index >= 15 is 0 Å². The molecular formula is C12H15BrN2O. The van der Waals surface area contributed by atoms with Crippen molar-refractivity contribution >= 4 is 27.5 Å². The molecule has 16 heavy (non-hydrogen) atoms. The molecule has 1 aliphatic carbocycles. The van der Waals surface area contributed by atoms with E-state index in [1.807, 2.05) is 24.3 Å². The van der Waals surface area contributed by atoms with Gasteiger partial charge in [-0.2, -0.15) is 0 Å². The lowest BCUT2D eigenvalue weighted by atomic mass is 10.3. The van der Waals surface area contributed by atoms with Gasteiger partial charge >= 0.3 is 0 Å². The van der Waals surface area contributed by atoms with Gasteiger partial charge in [-0.25, -0.2) is 0 Å². The summed E-state index contributed by atoms with van der Waals surface area (Å²) < 4.78 is 1.04. The van der Waals surface area contributed by atoms with Gasteiger partial charge in [0.1, 0.15) is 0 Å². The third kappa shape index (κ3) is 3.85. The molecule has 0 aromatic heterocycles. The maximum Gasteiger partial charge on any atom is 0.239 e. The molecule has 1 aromatic rings. The third-order valence-corrected chi connectivity index (χ3v) is 3.11. The smallest absolute Gasteiger partial charge is 0.239 e. The number of anilines is 1. The highest BCUT2D eigenvalue weighted by Gasteiger charge is 2.21. The van der Waals surface area contributed by atoms with Gasteiger partial charge in [-0.15, -0.1) is 0 Å². The molecule has 0 saturated heterocycles. The lowest BCUT2D eigenvalue weighted by Gasteiger charge is -2.07. The molecular weight excluding hydrogens is 268 g/mol. The van der Waals surface area contributed by atoms with Crippen LogP contribution in [0.4, 0.5) is 5.69 Å². The van der Waals surface area contributed by atoms with E-state index in [4.69, 9.17) is 0 Å². The molecule has 1 aromatic carbocycles. The van der Waals surface area contributed by atoms with Gasteiger partial charge in [-0.1, -0.05) is 15.9 Å². The van der Waals surface area contributed by atoms with Gasteiger partial charge in [0, 0.05) is 16.7 Å². The van der Waals surface area contributed by atoms with E-state index in [-0.39, 0.29) is 5.91 Å². The zero-order valence-corrected chi connectivity index (χ0v) is 10.6. The fourth-order valence-corrected chi connectivity index (χ4v) is 1.66. The number of nitrogens with one attached hydrogen (secondary N) is 2. The number of hydrogen-bond acceptors (Lipinski definition) is 2. The molecule has 1 aliphatic rings. The lowest BCUT2D eigenvalue weighted by Crippen LogP contribution is -2.31. The van der Waals surface area contributed by atoms with E-state index in [9.17, 15) is 4.79 Å². The summed E-state index contributed by atoms with van der Waals surface area (Å²) in [5.74, 6) is 0.798. The maximum absolute atomic E-state index is 11.4. The molecule has 1 fully saturated rings. The lowest BCUT2D eigenvalue weighted by molar-refractivity contribution is -0.119. The molecule has 0 unspecified atom stereocenters. The SMILES string of the molecule is O=C(CNc1ccc(Br)cc1)NCC1CC1. The van der Waals surface area contributed by atoms with Gasteiger partial charge in [0.15, 0.2) is 0 Å². The summed E-state index contributed by atoms with van der Waals surface area (Å²) in [6.45, 7) is 1.18. The van der Waals surface area contributed by atoms with Gasteiger partial charge in [-0.05, 0) is 43.0 Å². The topological polar surface area (TPSA) is 41.1 Å². The predicted molar refractivity (Wildman–Crippen MR) is 68.4 cm³/mol. The monoisotopic (exact) mass is 282 g/mol. The van der Waals surface area contributed by atoms with Crippen molar-refractivity contribution in [3.05, 3.63) is 28.7 Å². The summed E-state index contributed by atoms with van der Waals surface area (Å²) in [4.78, 5) is 11.4. The molecule has 2 rings (SSSR count). The first-order valence-corrected chi connectivity index (χ1v) is 6.29. The van der Waals surface area contributed by atoms with Crippen LogP contribution in [0, 0.1) is 5.92 Å². The molecule has 0 heterocycles. The van der Waals surface area contributed by atoms with Crippen LogP contribution in [-0.4, -0.2) is 19.0 Å². The summed E-state index contributed by atoms with van der Waals surface area (Å²) in [5, 5.41) is 6.00. The van der Waals surface area contributed by atoms with Gasteiger partial charge in [-0.3, -0.25) is 4.79 Å². The van der Waals surface area contributed by atoms with Crippen molar-refractivity contribution in [3.8, 4) is 0 Å². The van der Waals surface area contributed by atoms with Crippen molar-refractivity contribution in [1.82, 2.24) is 5.32 Å². The van der Waals surface area contributed by atoms with Crippen LogP contribution in [0.25, 0.3) is 0 Å². The first-order chi connectivity index (χ1) is 7.74. The van der Waals surface area contributed by atoms with Crippen LogP contribution in [0.5, 0.6) is 0 Å². The van der Waals surface area contributed by atoms with Crippen LogP contribution in [0.1, 0.15) is 12.8 Å². The van der Waals surface area contributed by atoms with Crippen LogP contribution in [0.3, 0.4) is 0 Å². The van der Waals surface area contributed by atoms with Gasteiger partial charge in [0.25, 0.3) is 0 Å². The Hall–Kier alpha value is -1.03. The van der Waals surface area contributed by atoms with Gasteiger partial charge in [0.2, 0.25) is 5.91 Å². The normalized spacial score (nSPS) is 14.6. The summed E-state index contributed by atoms with van der Waals surface area (Å²) >= 11 is 3.37. The van der Waals surface area contributed by atoms with E-state index in [1.54, 1.807) is 0 Å². The van der Waals surface area contributed by atoms with Crippen molar-refractivity contribution in [2.24, 2.45) is 5.92 Å². The summed E-state index contributed by atoms with van der Waals surface area (Å²) in [6.07, 6.45) is 2.53. The minimum atomic E-state index is 0.0646. The second kappa shape index (κ2) is 5.34. The zero-order chi connectivity index (χ0) is 11.4. The van der Waals surface area contributed by atoms with Crippen LogP contribution >= 0.6 is 15.9 Å². The number of carbonyl (C=O) groups is 1. The molecule has 0 bridgehead atoms. The highest BCUT2D eigenvalue weighted by atomic mass is 79.9. The first-order valence-electron chi connectivity index (χ1n) is 5.50. The molecule has 1 saturated carbocycles. The molecule has 4 heteroatoms. The second-order valence-electron chi connectivity index (χ2n) is 4.11. The largest absolute Gasteiger partial charge is 0.376 e. The number of benzene rings is 1. The minimum Gasteiger partial charge on any atom is -0.376 e. The fourth-order valence-electron chi connectivity index (χ4n) is 1.39. The Morgan fingerprint density at radius 2 is 2.00 bits per heavy atom. The van der Waals surface area contributed by atoms with E-state index in [1.165, 1.54) is 12.8 Å². The molecule has 0 spiro atoms. The Morgan fingerprint density at radius 1 is 1.31 bits per heavy atom. The molecule has 0 atom stereocenters. The Labute approximate surface area is 104 Å². The number of halogens is 1. The van der Waals surface area contributed by atoms with Crippen molar-refractivity contribution < 1.29 is 4.79 Å². The van der Waals surface area contributed by atoms with Gasteiger partial charge in [0.05, 0.1) is 6.54 Å². The molecule has 3 nitrogen and oxygen atoms in total. The quantitative estimate of drug-likeness (QED) is 0.871. The Bertz CT molecular complexity index is 360. The number of carbonyl (C=O) groups excluding carboxylic acids is 1. The van der Waals surface area contributed by atoms with Crippen molar-refractivity contribution in [3.63, 3.8) is 0 Å². The van der Waals surface area contributed by atoms with Crippen LogP contribution in [0.15, 0.2) is 28.7 Å². The number of rotatable bonds is 5.